The molecule has 0 N–H and O–H groups in total. The minimum absolute atomic E-state index is 0.0114. The maximum atomic E-state index is 13.7. The molecule has 11 heteroatoms. The fourth-order valence-corrected chi connectivity index (χ4v) is 3.55. The molecule has 1 saturated heterocycles. The summed E-state index contributed by atoms with van der Waals surface area (Å²) in [4.78, 5) is 19.6. The van der Waals surface area contributed by atoms with Gasteiger partial charge in [0.25, 0.3) is 5.91 Å². The van der Waals surface area contributed by atoms with E-state index in [1.165, 1.54) is 4.90 Å². The second-order valence-electron chi connectivity index (χ2n) is 6.05. The lowest BCUT2D eigenvalue weighted by molar-refractivity contribution is -0.137. The third-order valence-electron chi connectivity index (χ3n) is 4.26. The van der Waals surface area contributed by atoms with Crippen molar-refractivity contribution in [1.82, 2.24) is 9.88 Å². The fourth-order valence-electron chi connectivity index (χ4n) is 2.80. The highest BCUT2D eigenvalue weighted by atomic mass is 35.5. The van der Waals surface area contributed by atoms with E-state index in [9.17, 15) is 22.4 Å². The number of nitrogens with zero attached hydrogens (tertiary/aromatic N) is 3. The van der Waals surface area contributed by atoms with Gasteiger partial charge in [0.15, 0.2) is 0 Å². The smallest absolute Gasteiger partial charge is 0.352 e. The molecule has 2 heterocycles. The normalized spacial score (nSPS) is 15.1. The minimum atomic E-state index is -4.53. The molecule has 1 amide bonds. The number of benzene rings is 1. The number of halogens is 7. The van der Waals surface area contributed by atoms with Crippen LogP contribution < -0.4 is 4.90 Å². The van der Waals surface area contributed by atoms with Crippen LogP contribution in [-0.4, -0.2) is 42.0 Å². The van der Waals surface area contributed by atoms with Crippen LogP contribution >= 0.6 is 34.8 Å². The average Bonchev–Trinajstić information content (AvgIpc) is 2.63. The molecule has 0 radical (unpaired) electrons. The maximum absolute atomic E-state index is 13.7. The number of carbonyl (C=O) groups excluding carboxylic acids is 1. The number of carbonyl (C=O) groups is 1. The first kappa shape index (κ1) is 21.0. The summed E-state index contributed by atoms with van der Waals surface area (Å²) in [5.41, 5.74) is -0.947. The first-order valence-electron chi connectivity index (χ1n) is 7.99. The highest BCUT2D eigenvalue weighted by molar-refractivity contribution is 6.36. The summed E-state index contributed by atoms with van der Waals surface area (Å²) in [6.45, 7) is 1.05. The van der Waals surface area contributed by atoms with Crippen LogP contribution in [0.2, 0.25) is 15.1 Å². The van der Waals surface area contributed by atoms with Crippen LogP contribution in [0.5, 0.6) is 0 Å². The number of rotatable bonds is 2. The molecule has 4 nitrogen and oxygen atoms in total. The highest BCUT2D eigenvalue weighted by Crippen LogP contribution is 2.34. The predicted molar refractivity (Wildman–Crippen MR) is 98.8 cm³/mol. The summed E-state index contributed by atoms with van der Waals surface area (Å²) in [5, 5.41) is -0.280. The Hall–Kier alpha value is -1.77. The van der Waals surface area contributed by atoms with Crippen molar-refractivity contribution in [2.75, 3.05) is 31.1 Å². The van der Waals surface area contributed by atoms with Gasteiger partial charge in [0.05, 0.1) is 26.2 Å². The Kier molecular flexibility index (Phi) is 5.93. The zero-order valence-corrected chi connectivity index (χ0v) is 16.3. The lowest BCUT2D eigenvalue weighted by Gasteiger charge is -2.36. The van der Waals surface area contributed by atoms with E-state index in [4.69, 9.17) is 34.8 Å². The van der Waals surface area contributed by atoms with Gasteiger partial charge in [-0.25, -0.2) is 9.37 Å². The Labute approximate surface area is 172 Å². The predicted octanol–water partition coefficient (Wildman–Crippen LogP) is 5.16. The molecule has 150 valence electrons. The summed E-state index contributed by atoms with van der Waals surface area (Å²) in [6.07, 6.45) is -3.82. The van der Waals surface area contributed by atoms with Crippen LogP contribution in [0.25, 0.3) is 0 Å². The van der Waals surface area contributed by atoms with Crippen molar-refractivity contribution in [2.45, 2.75) is 6.18 Å². The summed E-state index contributed by atoms with van der Waals surface area (Å²) >= 11 is 17.6. The first-order chi connectivity index (χ1) is 13.1. The number of hydrogen-bond acceptors (Lipinski definition) is 3. The molecular formula is C17H12Cl3F4N3O. The number of pyridine rings is 1. The first-order valence-corrected chi connectivity index (χ1v) is 9.13. The van der Waals surface area contributed by atoms with E-state index in [0.717, 1.165) is 24.4 Å². The lowest BCUT2D eigenvalue weighted by atomic mass is 10.1. The van der Waals surface area contributed by atoms with E-state index < -0.39 is 23.5 Å². The topological polar surface area (TPSA) is 36.4 Å². The molecule has 0 saturated carbocycles. The van der Waals surface area contributed by atoms with Crippen molar-refractivity contribution in [2.24, 2.45) is 0 Å². The van der Waals surface area contributed by atoms with Gasteiger partial charge in [-0.3, -0.25) is 4.79 Å². The van der Waals surface area contributed by atoms with Gasteiger partial charge in [-0.15, -0.1) is 0 Å². The third-order valence-corrected chi connectivity index (χ3v) is 5.14. The van der Waals surface area contributed by atoms with Crippen molar-refractivity contribution >= 4 is 46.5 Å². The summed E-state index contributed by atoms with van der Waals surface area (Å²) in [5.74, 6) is -1.02. The van der Waals surface area contributed by atoms with Crippen LogP contribution in [0.4, 0.5) is 23.4 Å². The average molecular weight is 457 g/mol. The van der Waals surface area contributed by atoms with Gasteiger partial charge in [-0.2, -0.15) is 13.2 Å². The number of hydrogen-bond donors (Lipinski definition) is 0. The fraction of sp³-hybridized carbons (Fsp3) is 0.294. The van der Waals surface area contributed by atoms with Crippen LogP contribution in [-0.2, 0) is 6.18 Å². The van der Waals surface area contributed by atoms with Gasteiger partial charge in [0.2, 0.25) is 0 Å². The Morgan fingerprint density at radius 2 is 1.61 bits per heavy atom. The summed E-state index contributed by atoms with van der Waals surface area (Å²) < 4.78 is 51.8. The van der Waals surface area contributed by atoms with Crippen LogP contribution in [0.3, 0.4) is 0 Å². The van der Waals surface area contributed by atoms with E-state index in [-0.39, 0.29) is 52.6 Å². The molecule has 28 heavy (non-hydrogen) atoms. The van der Waals surface area contributed by atoms with E-state index in [1.807, 2.05) is 0 Å². The van der Waals surface area contributed by atoms with Crippen molar-refractivity contribution in [3.05, 3.63) is 56.4 Å². The molecule has 1 aliphatic heterocycles. The number of amides is 1. The minimum Gasteiger partial charge on any atom is -0.352 e. The Morgan fingerprint density at radius 3 is 2.18 bits per heavy atom. The second kappa shape index (κ2) is 7.93. The number of aromatic nitrogens is 1. The third kappa shape index (κ3) is 4.29. The monoisotopic (exact) mass is 455 g/mol. The van der Waals surface area contributed by atoms with E-state index in [0.29, 0.717) is 0 Å². The molecule has 0 spiro atoms. The summed E-state index contributed by atoms with van der Waals surface area (Å²) in [6, 6.07) is 2.96. The Bertz CT molecular complexity index is 915. The van der Waals surface area contributed by atoms with Crippen molar-refractivity contribution in [1.29, 1.82) is 0 Å². The zero-order valence-electron chi connectivity index (χ0n) is 14.0. The summed E-state index contributed by atoms with van der Waals surface area (Å²) in [7, 11) is 0. The molecule has 2 aromatic rings. The van der Waals surface area contributed by atoms with Gasteiger partial charge in [-0.1, -0.05) is 34.8 Å². The van der Waals surface area contributed by atoms with E-state index in [1.54, 1.807) is 4.90 Å². The molecule has 0 aliphatic carbocycles. The SMILES string of the molecule is O=C(c1cc(F)c(Cl)cc1Cl)N1CCN(c2ncc(C(F)(F)F)cc2Cl)CC1. The molecular weight excluding hydrogens is 445 g/mol. The zero-order chi connectivity index (χ0) is 20.6. The lowest BCUT2D eigenvalue weighted by Crippen LogP contribution is -2.49. The van der Waals surface area contributed by atoms with Gasteiger partial charge < -0.3 is 9.80 Å². The van der Waals surface area contributed by atoms with Crippen LogP contribution in [0.1, 0.15) is 15.9 Å². The van der Waals surface area contributed by atoms with Crippen molar-refractivity contribution in [3.63, 3.8) is 0 Å². The van der Waals surface area contributed by atoms with Gasteiger partial charge in [0, 0.05) is 32.4 Å². The van der Waals surface area contributed by atoms with Crippen LogP contribution in [0, 0.1) is 5.82 Å². The highest BCUT2D eigenvalue weighted by Gasteiger charge is 2.32. The molecule has 1 aromatic carbocycles. The van der Waals surface area contributed by atoms with Gasteiger partial charge in [-0.05, 0) is 18.2 Å². The number of piperazine rings is 1. The molecule has 1 fully saturated rings. The number of anilines is 1. The standard InChI is InChI=1S/C17H12Cl3F4N3O/c18-11-7-12(19)14(21)6-10(11)16(28)27-3-1-26(2-4-27)15-13(20)5-9(8-25-15)17(22,23)24/h5-8H,1-4H2. The molecule has 1 aromatic heterocycles. The number of alkyl halides is 3. The van der Waals surface area contributed by atoms with E-state index in [2.05, 4.69) is 4.98 Å². The molecule has 0 atom stereocenters. The van der Waals surface area contributed by atoms with Gasteiger partial charge >= 0.3 is 6.18 Å². The van der Waals surface area contributed by atoms with Crippen molar-refractivity contribution < 1.29 is 22.4 Å². The quantitative estimate of drug-likeness (QED) is 0.463. The van der Waals surface area contributed by atoms with Crippen molar-refractivity contribution in [3.8, 4) is 0 Å². The maximum Gasteiger partial charge on any atom is 0.417 e. The second-order valence-corrected chi connectivity index (χ2v) is 7.27. The molecule has 0 bridgehead atoms. The Morgan fingerprint density at radius 1 is 0.964 bits per heavy atom. The van der Waals surface area contributed by atoms with E-state index >= 15 is 0 Å². The molecule has 1 aliphatic rings. The molecule has 0 unspecified atom stereocenters. The van der Waals surface area contributed by atoms with Gasteiger partial charge in [0.1, 0.15) is 11.6 Å². The largest absolute Gasteiger partial charge is 0.417 e. The molecule has 3 rings (SSSR count). The van der Waals surface area contributed by atoms with Crippen LogP contribution in [0.15, 0.2) is 24.4 Å². The Balaban J connectivity index is 1.71.